The third-order valence-corrected chi connectivity index (χ3v) is 3.85. The Kier molecular flexibility index (Phi) is 3.59. The molecule has 0 radical (unpaired) electrons. The van der Waals surface area contributed by atoms with E-state index in [1.165, 1.54) is 11.0 Å². The first-order chi connectivity index (χ1) is 8.91. The highest BCUT2D eigenvalue weighted by atomic mass is 16.4. The molecule has 1 aromatic rings. The van der Waals surface area contributed by atoms with Crippen LogP contribution in [0.25, 0.3) is 0 Å². The first-order valence-electron chi connectivity index (χ1n) is 6.48. The van der Waals surface area contributed by atoms with Crippen molar-refractivity contribution in [3.8, 4) is 0 Å². The van der Waals surface area contributed by atoms with E-state index in [1.54, 1.807) is 0 Å². The van der Waals surface area contributed by atoms with Gasteiger partial charge < -0.3 is 5.11 Å². The van der Waals surface area contributed by atoms with Gasteiger partial charge in [0.1, 0.15) is 5.56 Å². The fourth-order valence-corrected chi connectivity index (χ4v) is 2.75. The summed E-state index contributed by atoms with van der Waals surface area (Å²) in [6, 6.07) is 0. The standard InChI is InChI=1S/C13H18N2O4/c1-13(5-3-2-4-6-13)8-15-7-9(11(17)18)10(16)14-12(15)19/h7H,2-6,8H2,1H3,(H,17,18)(H,14,16,19). The van der Waals surface area contributed by atoms with Crippen LogP contribution in [0, 0.1) is 5.41 Å². The van der Waals surface area contributed by atoms with Crippen LogP contribution in [-0.2, 0) is 6.54 Å². The van der Waals surface area contributed by atoms with Gasteiger partial charge in [0.15, 0.2) is 0 Å². The second kappa shape index (κ2) is 5.03. The molecule has 0 aromatic carbocycles. The number of aromatic amines is 1. The number of H-pyrrole nitrogens is 1. The lowest BCUT2D eigenvalue weighted by Crippen LogP contribution is -2.37. The van der Waals surface area contributed by atoms with Gasteiger partial charge in [-0.3, -0.25) is 14.3 Å². The van der Waals surface area contributed by atoms with Crippen molar-refractivity contribution in [3.05, 3.63) is 32.6 Å². The molecular formula is C13H18N2O4. The maximum Gasteiger partial charge on any atom is 0.342 e. The van der Waals surface area contributed by atoms with E-state index in [1.807, 2.05) is 0 Å². The first-order valence-corrected chi connectivity index (χ1v) is 6.48. The van der Waals surface area contributed by atoms with Crippen LogP contribution in [-0.4, -0.2) is 20.6 Å². The number of hydrogen-bond donors (Lipinski definition) is 2. The summed E-state index contributed by atoms with van der Waals surface area (Å²) in [5.74, 6) is -1.32. The van der Waals surface area contributed by atoms with Crippen molar-refractivity contribution in [2.75, 3.05) is 0 Å². The van der Waals surface area contributed by atoms with Crippen molar-refractivity contribution in [1.82, 2.24) is 9.55 Å². The minimum atomic E-state index is -1.32. The fraction of sp³-hybridized carbons (Fsp3) is 0.615. The number of nitrogens with zero attached hydrogens (tertiary/aromatic N) is 1. The van der Waals surface area contributed by atoms with E-state index in [0.717, 1.165) is 31.9 Å². The second-order valence-electron chi connectivity index (χ2n) is 5.61. The highest BCUT2D eigenvalue weighted by Crippen LogP contribution is 2.36. The number of nitrogens with one attached hydrogen (secondary N) is 1. The van der Waals surface area contributed by atoms with E-state index < -0.39 is 17.2 Å². The molecule has 19 heavy (non-hydrogen) atoms. The maximum absolute atomic E-state index is 11.7. The molecule has 1 saturated carbocycles. The number of aromatic nitrogens is 2. The molecule has 0 amide bonds. The minimum absolute atomic E-state index is 0.00388. The summed E-state index contributed by atoms with van der Waals surface area (Å²) < 4.78 is 1.32. The molecule has 2 N–H and O–H groups in total. The number of carbonyl (C=O) groups is 1. The van der Waals surface area contributed by atoms with Gasteiger partial charge in [-0.25, -0.2) is 9.59 Å². The van der Waals surface area contributed by atoms with E-state index in [-0.39, 0.29) is 11.0 Å². The topological polar surface area (TPSA) is 92.2 Å². The zero-order chi connectivity index (χ0) is 14.0. The molecule has 0 saturated heterocycles. The number of carboxylic acids is 1. The smallest absolute Gasteiger partial charge is 0.342 e. The third-order valence-electron chi connectivity index (χ3n) is 3.85. The van der Waals surface area contributed by atoms with Crippen LogP contribution < -0.4 is 11.2 Å². The van der Waals surface area contributed by atoms with Gasteiger partial charge in [-0.2, -0.15) is 0 Å². The summed E-state index contributed by atoms with van der Waals surface area (Å²) in [5, 5.41) is 8.92. The van der Waals surface area contributed by atoms with Gasteiger partial charge >= 0.3 is 11.7 Å². The van der Waals surface area contributed by atoms with E-state index in [9.17, 15) is 14.4 Å². The average Bonchev–Trinajstić information content (AvgIpc) is 2.33. The highest BCUT2D eigenvalue weighted by molar-refractivity contribution is 5.86. The fourth-order valence-electron chi connectivity index (χ4n) is 2.75. The number of hydrogen-bond acceptors (Lipinski definition) is 3. The Morgan fingerprint density at radius 3 is 2.58 bits per heavy atom. The molecule has 0 atom stereocenters. The highest BCUT2D eigenvalue weighted by Gasteiger charge is 2.28. The molecule has 2 rings (SSSR count). The summed E-state index contributed by atoms with van der Waals surface area (Å²) in [7, 11) is 0. The molecule has 0 aliphatic heterocycles. The van der Waals surface area contributed by atoms with Crippen LogP contribution in [0.1, 0.15) is 49.4 Å². The number of aromatic carboxylic acids is 1. The van der Waals surface area contributed by atoms with Gasteiger partial charge in [0.05, 0.1) is 0 Å². The lowest BCUT2D eigenvalue weighted by atomic mass is 9.75. The largest absolute Gasteiger partial charge is 0.477 e. The molecule has 0 spiro atoms. The summed E-state index contributed by atoms with van der Waals surface area (Å²) >= 11 is 0. The average molecular weight is 266 g/mol. The Morgan fingerprint density at radius 2 is 2.00 bits per heavy atom. The predicted molar refractivity (Wildman–Crippen MR) is 69.5 cm³/mol. The van der Waals surface area contributed by atoms with Crippen molar-refractivity contribution in [2.45, 2.75) is 45.6 Å². The van der Waals surface area contributed by atoms with E-state index >= 15 is 0 Å². The van der Waals surface area contributed by atoms with Crippen LogP contribution in [0.2, 0.25) is 0 Å². The van der Waals surface area contributed by atoms with Crippen LogP contribution in [0.3, 0.4) is 0 Å². The quantitative estimate of drug-likeness (QED) is 0.860. The number of rotatable bonds is 3. The molecular weight excluding hydrogens is 248 g/mol. The van der Waals surface area contributed by atoms with Gasteiger partial charge in [-0.15, -0.1) is 0 Å². The Balaban J connectivity index is 2.34. The zero-order valence-corrected chi connectivity index (χ0v) is 10.9. The zero-order valence-electron chi connectivity index (χ0n) is 10.9. The van der Waals surface area contributed by atoms with Gasteiger partial charge in [0.2, 0.25) is 0 Å². The van der Waals surface area contributed by atoms with Gasteiger partial charge in [-0.1, -0.05) is 26.2 Å². The van der Waals surface area contributed by atoms with Gasteiger partial charge in [0, 0.05) is 12.7 Å². The molecule has 1 fully saturated rings. The van der Waals surface area contributed by atoms with E-state index in [2.05, 4.69) is 11.9 Å². The SMILES string of the molecule is CC1(Cn2cc(C(=O)O)c(=O)[nH]c2=O)CCCCC1. The molecule has 6 nitrogen and oxygen atoms in total. The Hall–Kier alpha value is -1.85. The van der Waals surface area contributed by atoms with Gasteiger partial charge in [0.25, 0.3) is 5.56 Å². The van der Waals surface area contributed by atoms with Crippen LogP contribution in [0.4, 0.5) is 0 Å². The van der Waals surface area contributed by atoms with Crippen molar-refractivity contribution in [2.24, 2.45) is 5.41 Å². The first kappa shape index (κ1) is 13.6. The monoisotopic (exact) mass is 266 g/mol. The van der Waals surface area contributed by atoms with Crippen molar-refractivity contribution in [1.29, 1.82) is 0 Å². The molecule has 0 unspecified atom stereocenters. The van der Waals surface area contributed by atoms with Crippen LogP contribution >= 0.6 is 0 Å². The molecule has 1 aliphatic rings. The van der Waals surface area contributed by atoms with Crippen LogP contribution in [0.5, 0.6) is 0 Å². The molecule has 0 bridgehead atoms. The van der Waals surface area contributed by atoms with Crippen molar-refractivity contribution in [3.63, 3.8) is 0 Å². The summed E-state index contributed by atoms with van der Waals surface area (Å²) in [5.41, 5.74) is -1.78. The van der Waals surface area contributed by atoms with Crippen LogP contribution in [0.15, 0.2) is 15.8 Å². The molecule has 1 aliphatic carbocycles. The lowest BCUT2D eigenvalue weighted by Gasteiger charge is -2.33. The Labute approximate surface area is 110 Å². The van der Waals surface area contributed by atoms with Gasteiger partial charge in [-0.05, 0) is 18.3 Å². The summed E-state index contributed by atoms with van der Waals surface area (Å²) in [4.78, 5) is 36.1. The normalized spacial score (nSPS) is 18.2. The summed E-state index contributed by atoms with van der Waals surface area (Å²) in [6.45, 7) is 2.55. The summed E-state index contributed by atoms with van der Waals surface area (Å²) in [6.07, 6.45) is 6.64. The maximum atomic E-state index is 11.7. The van der Waals surface area contributed by atoms with Crippen molar-refractivity contribution >= 4 is 5.97 Å². The van der Waals surface area contributed by atoms with E-state index in [0.29, 0.717) is 6.54 Å². The molecule has 1 heterocycles. The molecule has 6 heteroatoms. The van der Waals surface area contributed by atoms with Crippen molar-refractivity contribution < 1.29 is 9.90 Å². The second-order valence-corrected chi connectivity index (χ2v) is 5.61. The molecule has 1 aromatic heterocycles. The lowest BCUT2D eigenvalue weighted by molar-refractivity contribution is 0.0692. The molecule has 104 valence electrons. The van der Waals surface area contributed by atoms with E-state index in [4.69, 9.17) is 5.11 Å². The Bertz CT molecular complexity index is 593. The minimum Gasteiger partial charge on any atom is -0.477 e. The number of carboxylic acid groups (broad SMARTS) is 1. The Morgan fingerprint density at radius 1 is 1.37 bits per heavy atom. The third kappa shape index (κ3) is 2.94. The predicted octanol–water partition coefficient (Wildman–Crippen LogP) is 1.21.